The number of hydrogen-bond acceptors (Lipinski definition) is 4. The van der Waals surface area contributed by atoms with Crippen LogP contribution in [0, 0.1) is 6.92 Å². The third-order valence-electron chi connectivity index (χ3n) is 5.93. The van der Waals surface area contributed by atoms with Gasteiger partial charge < -0.3 is 11.1 Å². The van der Waals surface area contributed by atoms with Crippen LogP contribution in [0.25, 0.3) is 0 Å². The Morgan fingerprint density at radius 1 is 1.13 bits per heavy atom. The van der Waals surface area contributed by atoms with Crippen LogP contribution >= 0.6 is 0 Å². The molecule has 6 heteroatoms. The van der Waals surface area contributed by atoms with Crippen LogP contribution in [0.1, 0.15) is 45.9 Å². The van der Waals surface area contributed by atoms with E-state index in [1.54, 1.807) is 6.07 Å². The maximum Gasteiger partial charge on any atom is 0.255 e. The predicted molar refractivity (Wildman–Crippen MR) is 120 cm³/mol. The third-order valence-corrected chi connectivity index (χ3v) is 5.93. The Balaban J connectivity index is 1.33. The minimum Gasteiger partial charge on any atom is -0.397 e. The molecule has 3 N–H and O–H groups in total. The number of para-hydroxylation sites is 2. The molecule has 30 heavy (non-hydrogen) atoms. The Hall–Kier alpha value is -3.12. The minimum atomic E-state index is -0.139. The van der Waals surface area contributed by atoms with Crippen molar-refractivity contribution in [3.8, 4) is 0 Å². The molecule has 1 amide bonds. The third kappa shape index (κ3) is 4.54. The molecular weight excluding hydrogens is 374 g/mol. The van der Waals surface area contributed by atoms with Gasteiger partial charge in [-0.2, -0.15) is 5.10 Å². The van der Waals surface area contributed by atoms with Gasteiger partial charge in [0.25, 0.3) is 5.91 Å². The van der Waals surface area contributed by atoms with Crippen LogP contribution in [0.15, 0.2) is 54.7 Å². The fraction of sp³-hybridized carbons (Fsp3) is 0.333. The number of carbonyl (C=O) groups is 1. The topological polar surface area (TPSA) is 76.2 Å². The molecule has 0 bridgehead atoms. The average Bonchev–Trinajstić information content (AvgIpc) is 3.07. The maximum atomic E-state index is 12.5. The molecule has 1 fully saturated rings. The molecule has 0 radical (unpaired) electrons. The van der Waals surface area contributed by atoms with Gasteiger partial charge in [0.05, 0.1) is 17.1 Å². The second-order valence-electron chi connectivity index (χ2n) is 8.15. The van der Waals surface area contributed by atoms with Crippen LogP contribution in [0.3, 0.4) is 0 Å². The molecule has 1 aromatic heterocycles. The molecule has 0 saturated carbocycles. The van der Waals surface area contributed by atoms with Crippen molar-refractivity contribution in [2.24, 2.45) is 7.05 Å². The molecule has 2 aromatic carbocycles. The zero-order valence-electron chi connectivity index (χ0n) is 17.6. The lowest BCUT2D eigenvalue weighted by Crippen LogP contribution is -2.32. The summed E-state index contributed by atoms with van der Waals surface area (Å²) in [5, 5.41) is 7.45. The summed E-state index contributed by atoms with van der Waals surface area (Å²) in [5.74, 6) is 0.396. The number of carbonyl (C=O) groups excluding carboxylic acids is 1. The Kier molecular flexibility index (Phi) is 5.86. The van der Waals surface area contributed by atoms with Crippen LogP contribution in [-0.4, -0.2) is 33.7 Å². The van der Waals surface area contributed by atoms with Crippen molar-refractivity contribution >= 4 is 17.3 Å². The normalized spacial score (nSPS) is 15.3. The molecule has 4 rings (SSSR count). The standard InChI is InChI=1S/C24H29N5O/c1-17-15-28(2)27-23(17)16-29-13-11-19(12-14-29)18-7-9-20(10-8-18)24(30)26-22-6-4-3-5-21(22)25/h3-10,15,19H,11-14,16,25H2,1-2H3,(H,26,30). The number of aromatic nitrogens is 2. The molecule has 3 aromatic rings. The van der Waals surface area contributed by atoms with Gasteiger partial charge in [0.1, 0.15) is 0 Å². The molecule has 0 atom stereocenters. The van der Waals surface area contributed by atoms with Gasteiger partial charge in [0, 0.05) is 25.4 Å². The lowest BCUT2D eigenvalue weighted by Gasteiger charge is -2.32. The van der Waals surface area contributed by atoms with Crippen molar-refractivity contribution < 1.29 is 4.79 Å². The van der Waals surface area contributed by atoms with Gasteiger partial charge in [-0.1, -0.05) is 24.3 Å². The highest BCUT2D eigenvalue weighted by Gasteiger charge is 2.22. The molecule has 0 unspecified atom stereocenters. The number of benzene rings is 2. The van der Waals surface area contributed by atoms with Crippen LogP contribution in [0.4, 0.5) is 11.4 Å². The number of amides is 1. The lowest BCUT2D eigenvalue weighted by molar-refractivity contribution is 0.102. The fourth-order valence-electron chi connectivity index (χ4n) is 4.16. The summed E-state index contributed by atoms with van der Waals surface area (Å²) >= 11 is 0. The van der Waals surface area contributed by atoms with Crippen LogP contribution in [0.5, 0.6) is 0 Å². The highest BCUT2D eigenvalue weighted by Crippen LogP contribution is 2.29. The highest BCUT2D eigenvalue weighted by molar-refractivity contribution is 6.05. The first-order valence-corrected chi connectivity index (χ1v) is 10.5. The van der Waals surface area contributed by atoms with Gasteiger partial charge in [-0.15, -0.1) is 0 Å². The van der Waals surface area contributed by atoms with Gasteiger partial charge in [-0.05, 0) is 74.2 Å². The van der Waals surface area contributed by atoms with Crippen molar-refractivity contribution in [3.63, 3.8) is 0 Å². The van der Waals surface area contributed by atoms with E-state index in [0.717, 1.165) is 32.5 Å². The molecule has 0 aliphatic carbocycles. The summed E-state index contributed by atoms with van der Waals surface area (Å²) in [7, 11) is 1.97. The summed E-state index contributed by atoms with van der Waals surface area (Å²) < 4.78 is 1.89. The number of nitrogens with zero attached hydrogens (tertiary/aromatic N) is 3. The van der Waals surface area contributed by atoms with Gasteiger partial charge in [0.15, 0.2) is 0 Å². The molecular formula is C24H29N5O. The number of nitrogens with one attached hydrogen (secondary N) is 1. The summed E-state index contributed by atoms with van der Waals surface area (Å²) in [6.07, 6.45) is 4.32. The first kappa shape index (κ1) is 20.2. The molecule has 2 heterocycles. The van der Waals surface area contributed by atoms with E-state index in [4.69, 9.17) is 5.73 Å². The molecule has 1 aliphatic rings. The second-order valence-corrected chi connectivity index (χ2v) is 8.15. The molecule has 1 saturated heterocycles. The van der Waals surface area contributed by atoms with Crippen LogP contribution < -0.4 is 11.1 Å². The smallest absolute Gasteiger partial charge is 0.255 e. The molecule has 6 nitrogen and oxygen atoms in total. The van der Waals surface area contributed by atoms with E-state index in [1.165, 1.54) is 16.8 Å². The van der Waals surface area contributed by atoms with Crippen molar-refractivity contribution in [2.45, 2.75) is 32.2 Å². The minimum absolute atomic E-state index is 0.139. The maximum absolute atomic E-state index is 12.5. The van der Waals surface area contributed by atoms with Crippen molar-refractivity contribution in [1.29, 1.82) is 0 Å². The fourth-order valence-corrected chi connectivity index (χ4v) is 4.16. The number of nitrogen functional groups attached to an aromatic ring is 1. The van der Waals surface area contributed by atoms with Crippen molar-refractivity contribution in [3.05, 3.63) is 77.1 Å². The summed E-state index contributed by atoms with van der Waals surface area (Å²) in [6.45, 7) is 5.17. The van der Waals surface area contributed by atoms with E-state index in [-0.39, 0.29) is 5.91 Å². The van der Waals surface area contributed by atoms with E-state index in [9.17, 15) is 4.79 Å². The van der Waals surface area contributed by atoms with Gasteiger partial charge in [-0.3, -0.25) is 14.4 Å². The molecule has 156 valence electrons. The number of aryl methyl sites for hydroxylation is 2. The molecule has 1 aliphatic heterocycles. The number of likely N-dealkylation sites (tertiary alicyclic amines) is 1. The van der Waals surface area contributed by atoms with E-state index in [2.05, 4.69) is 40.6 Å². The van der Waals surface area contributed by atoms with E-state index in [0.29, 0.717) is 22.9 Å². The van der Waals surface area contributed by atoms with Gasteiger partial charge in [-0.25, -0.2) is 0 Å². The summed E-state index contributed by atoms with van der Waals surface area (Å²) in [6, 6.07) is 15.3. The predicted octanol–water partition coefficient (Wildman–Crippen LogP) is 3.94. The summed E-state index contributed by atoms with van der Waals surface area (Å²) in [4.78, 5) is 15.0. The first-order chi connectivity index (χ1) is 14.5. The lowest BCUT2D eigenvalue weighted by atomic mass is 9.89. The Morgan fingerprint density at radius 2 is 1.83 bits per heavy atom. The van der Waals surface area contributed by atoms with Crippen LogP contribution in [-0.2, 0) is 13.6 Å². The van der Waals surface area contributed by atoms with Gasteiger partial charge in [0.2, 0.25) is 0 Å². The van der Waals surface area contributed by atoms with Gasteiger partial charge >= 0.3 is 0 Å². The quantitative estimate of drug-likeness (QED) is 0.633. The molecule has 0 spiro atoms. The SMILES string of the molecule is Cc1cn(C)nc1CN1CCC(c2ccc(C(=O)Nc3ccccc3N)cc2)CC1. The summed E-state index contributed by atoms with van der Waals surface area (Å²) in [5.41, 5.74) is 11.5. The van der Waals surface area contributed by atoms with Crippen molar-refractivity contribution in [2.75, 3.05) is 24.1 Å². The number of anilines is 2. The number of nitrogens with two attached hydrogens (primary N) is 1. The zero-order valence-corrected chi connectivity index (χ0v) is 17.6. The van der Waals surface area contributed by atoms with E-state index >= 15 is 0 Å². The largest absolute Gasteiger partial charge is 0.397 e. The van der Waals surface area contributed by atoms with Crippen LogP contribution in [0.2, 0.25) is 0 Å². The number of rotatable bonds is 5. The van der Waals surface area contributed by atoms with Crippen molar-refractivity contribution in [1.82, 2.24) is 14.7 Å². The monoisotopic (exact) mass is 403 g/mol. The second kappa shape index (κ2) is 8.71. The highest BCUT2D eigenvalue weighted by atomic mass is 16.1. The Morgan fingerprint density at radius 3 is 2.47 bits per heavy atom. The Bertz CT molecular complexity index is 1020. The average molecular weight is 404 g/mol. The number of piperidine rings is 1. The zero-order chi connectivity index (χ0) is 21.1. The first-order valence-electron chi connectivity index (χ1n) is 10.5. The number of hydrogen-bond donors (Lipinski definition) is 2. The Labute approximate surface area is 177 Å². The van der Waals surface area contributed by atoms with E-state index in [1.807, 2.05) is 42.1 Å². The van der Waals surface area contributed by atoms with E-state index < -0.39 is 0 Å².